The minimum Gasteiger partial charge on any atom is -0.462 e. The van der Waals surface area contributed by atoms with Gasteiger partial charge in [0.15, 0.2) is 10.8 Å². The van der Waals surface area contributed by atoms with Gasteiger partial charge in [-0.05, 0) is 38.3 Å². The molecule has 3 aromatic heterocycles. The van der Waals surface area contributed by atoms with Crippen LogP contribution in [0.1, 0.15) is 33.0 Å². The molecule has 1 amide bonds. The Kier molecular flexibility index (Phi) is 3.30. The molecule has 0 spiro atoms. The molecule has 4 rings (SSSR count). The number of thiazole rings is 1. The lowest BCUT2D eigenvalue weighted by Crippen LogP contribution is -2.17. The Hall–Kier alpha value is -2.41. The van der Waals surface area contributed by atoms with Crippen LogP contribution in [0.5, 0.6) is 0 Å². The number of aromatic nitrogens is 3. The van der Waals surface area contributed by atoms with Crippen LogP contribution in [-0.4, -0.2) is 20.7 Å². The number of carbonyl (C=O) groups excluding carboxylic acids is 1. The van der Waals surface area contributed by atoms with Crippen molar-refractivity contribution in [2.45, 2.75) is 26.2 Å². The number of nitrogens with one attached hydrogen (secondary N) is 1. The van der Waals surface area contributed by atoms with E-state index in [4.69, 9.17) is 4.42 Å². The second-order valence-electron chi connectivity index (χ2n) is 5.61. The van der Waals surface area contributed by atoms with Gasteiger partial charge in [-0.2, -0.15) is 5.10 Å². The van der Waals surface area contributed by atoms with Gasteiger partial charge in [0.1, 0.15) is 11.5 Å². The highest BCUT2D eigenvalue weighted by Gasteiger charge is 2.24. The molecular formula is C16H16N4O2S. The zero-order valence-electron chi connectivity index (χ0n) is 12.9. The van der Waals surface area contributed by atoms with Gasteiger partial charge in [-0.15, -0.1) is 11.3 Å². The predicted octanol–water partition coefficient (Wildman–Crippen LogP) is 3.19. The fourth-order valence-corrected chi connectivity index (χ4v) is 3.83. The number of anilines is 1. The summed E-state index contributed by atoms with van der Waals surface area (Å²) in [6.45, 7) is 1.90. The quantitative estimate of drug-likeness (QED) is 0.801. The van der Waals surface area contributed by atoms with Gasteiger partial charge in [-0.1, -0.05) is 0 Å². The number of hydrogen-bond donors (Lipinski definition) is 1. The van der Waals surface area contributed by atoms with Crippen LogP contribution in [-0.2, 0) is 19.9 Å². The molecule has 0 atom stereocenters. The van der Waals surface area contributed by atoms with Crippen LogP contribution in [0.4, 0.5) is 5.82 Å². The average Bonchev–Trinajstić information content (AvgIpc) is 3.25. The molecule has 7 heteroatoms. The van der Waals surface area contributed by atoms with Crippen molar-refractivity contribution in [3.05, 3.63) is 40.2 Å². The summed E-state index contributed by atoms with van der Waals surface area (Å²) < 4.78 is 7.10. The maximum Gasteiger partial charge on any atom is 0.276 e. The fourth-order valence-electron chi connectivity index (χ4n) is 2.96. The van der Waals surface area contributed by atoms with E-state index >= 15 is 0 Å². The molecule has 23 heavy (non-hydrogen) atoms. The molecular weight excluding hydrogens is 312 g/mol. The van der Waals surface area contributed by atoms with Gasteiger partial charge in [0, 0.05) is 17.5 Å². The second kappa shape index (κ2) is 5.34. The summed E-state index contributed by atoms with van der Waals surface area (Å²) in [6, 6.07) is 3.65. The molecule has 0 radical (unpaired) electrons. The van der Waals surface area contributed by atoms with Crippen LogP contribution in [0.25, 0.3) is 10.8 Å². The van der Waals surface area contributed by atoms with Crippen LogP contribution in [0.2, 0.25) is 0 Å². The third kappa shape index (κ3) is 2.37. The first kappa shape index (κ1) is 14.2. The Morgan fingerprint density at radius 3 is 3.09 bits per heavy atom. The van der Waals surface area contributed by atoms with E-state index < -0.39 is 0 Å². The van der Waals surface area contributed by atoms with E-state index in [1.54, 1.807) is 10.9 Å². The van der Waals surface area contributed by atoms with E-state index in [1.807, 2.05) is 26.1 Å². The van der Waals surface area contributed by atoms with E-state index in [1.165, 1.54) is 11.3 Å². The summed E-state index contributed by atoms with van der Waals surface area (Å²) in [5, 5.41) is 8.17. The van der Waals surface area contributed by atoms with Gasteiger partial charge in [0.05, 0.1) is 12.0 Å². The van der Waals surface area contributed by atoms with Crippen LogP contribution in [0.15, 0.2) is 22.8 Å². The number of rotatable bonds is 3. The van der Waals surface area contributed by atoms with E-state index in [0.717, 1.165) is 41.2 Å². The van der Waals surface area contributed by atoms with Crippen molar-refractivity contribution in [1.82, 2.24) is 14.8 Å². The largest absolute Gasteiger partial charge is 0.462 e. The van der Waals surface area contributed by atoms with E-state index in [-0.39, 0.29) is 5.91 Å². The lowest BCUT2D eigenvalue weighted by molar-refractivity contribution is 0.102. The molecule has 3 heterocycles. The third-order valence-electron chi connectivity index (χ3n) is 4.04. The van der Waals surface area contributed by atoms with Crippen molar-refractivity contribution in [2.75, 3.05) is 5.32 Å². The Labute approximate surface area is 137 Å². The van der Waals surface area contributed by atoms with Gasteiger partial charge in [0.25, 0.3) is 5.91 Å². The number of fused-ring (bicyclic) bond motifs is 1. The van der Waals surface area contributed by atoms with Gasteiger partial charge < -0.3 is 9.73 Å². The lowest BCUT2D eigenvalue weighted by Gasteiger charge is -2.06. The van der Waals surface area contributed by atoms with Gasteiger partial charge >= 0.3 is 0 Å². The topological polar surface area (TPSA) is 73.0 Å². The summed E-state index contributed by atoms with van der Waals surface area (Å²) in [5.41, 5.74) is 2.68. The zero-order chi connectivity index (χ0) is 16.0. The fraction of sp³-hybridized carbons (Fsp3) is 0.312. The first-order valence-corrected chi connectivity index (χ1v) is 8.32. The number of furan rings is 1. The molecule has 0 fully saturated rings. The van der Waals surface area contributed by atoms with Crippen molar-refractivity contribution >= 4 is 23.1 Å². The molecule has 0 aromatic carbocycles. The first-order valence-electron chi connectivity index (χ1n) is 7.51. The second-order valence-corrected chi connectivity index (χ2v) is 6.81. The van der Waals surface area contributed by atoms with Crippen molar-refractivity contribution < 1.29 is 9.21 Å². The monoisotopic (exact) mass is 328 g/mol. The van der Waals surface area contributed by atoms with Crippen LogP contribution in [0.3, 0.4) is 0 Å². The van der Waals surface area contributed by atoms with Crippen LogP contribution >= 0.6 is 11.3 Å². The molecule has 1 aliphatic carbocycles. The van der Waals surface area contributed by atoms with Crippen LogP contribution < -0.4 is 5.32 Å². The first-order chi connectivity index (χ1) is 11.1. The smallest absolute Gasteiger partial charge is 0.276 e. The van der Waals surface area contributed by atoms with Crippen molar-refractivity contribution in [2.24, 2.45) is 7.05 Å². The number of nitrogens with zero attached hydrogens (tertiary/aromatic N) is 3. The highest BCUT2D eigenvalue weighted by Crippen LogP contribution is 2.30. The minimum absolute atomic E-state index is 0.200. The Balaban J connectivity index is 1.63. The Morgan fingerprint density at radius 2 is 2.30 bits per heavy atom. The molecule has 0 aliphatic heterocycles. The van der Waals surface area contributed by atoms with Gasteiger partial charge in [-0.3, -0.25) is 9.48 Å². The zero-order valence-corrected chi connectivity index (χ0v) is 13.7. The lowest BCUT2D eigenvalue weighted by atomic mass is 10.2. The Bertz CT molecular complexity index is 876. The number of carbonyl (C=O) groups is 1. The summed E-state index contributed by atoms with van der Waals surface area (Å²) in [7, 11) is 1.86. The molecule has 118 valence electrons. The maximum atomic E-state index is 12.6. The summed E-state index contributed by atoms with van der Waals surface area (Å²) >= 11 is 1.45. The molecule has 0 saturated carbocycles. The number of amides is 1. The van der Waals surface area contributed by atoms with Crippen LogP contribution in [0, 0.1) is 6.92 Å². The Morgan fingerprint density at radius 1 is 1.43 bits per heavy atom. The third-order valence-corrected chi connectivity index (χ3v) is 5.03. The molecule has 1 N–H and O–H groups in total. The van der Waals surface area contributed by atoms with E-state index in [2.05, 4.69) is 15.4 Å². The molecule has 0 saturated heterocycles. The summed E-state index contributed by atoms with van der Waals surface area (Å²) in [4.78, 5) is 17.9. The van der Waals surface area contributed by atoms with E-state index in [0.29, 0.717) is 16.5 Å². The highest BCUT2D eigenvalue weighted by atomic mass is 32.1. The van der Waals surface area contributed by atoms with E-state index in [9.17, 15) is 4.79 Å². The molecule has 0 bridgehead atoms. The number of hydrogen-bond acceptors (Lipinski definition) is 5. The molecule has 6 nitrogen and oxygen atoms in total. The molecule has 0 unspecified atom stereocenters. The average molecular weight is 328 g/mol. The van der Waals surface area contributed by atoms with Gasteiger partial charge in [-0.25, -0.2) is 4.98 Å². The SMILES string of the molecule is Cc1sc(-c2ccco2)nc1C(=O)Nc1c2c(nn1C)CCC2. The highest BCUT2D eigenvalue weighted by molar-refractivity contribution is 7.15. The summed E-state index contributed by atoms with van der Waals surface area (Å²) in [5.74, 6) is 1.27. The molecule has 3 aromatic rings. The van der Waals surface area contributed by atoms with Crippen molar-refractivity contribution in [3.8, 4) is 10.8 Å². The van der Waals surface area contributed by atoms with Crippen molar-refractivity contribution in [3.63, 3.8) is 0 Å². The summed E-state index contributed by atoms with van der Waals surface area (Å²) in [6.07, 6.45) is 4.65. The van der Waals surface area contributed by atoms with Crippen molar-refractivity contribution in [1.29, 1.82) is 0 Å². The number of aryl methyl sites for hydroxylation is 3. The van der Waals surface area contributed by atoms with Gasteiger partial charge in [0.2, 0.25) is 0 Å². The normalized spacial score (nSPS) is 13.3. The predicted molar refractivity (Wildman–Crippen MR) is 87.7 cm³/mol. The minimum atomic E-state index is -0.200. The standard InChI is InChI=1S/C16H16N4O2S/c1-9-13(17-16(23-9)12-7-4-8-22-12)15(21)18-14-10-5-3-6-11(10)19-20(14)2/h4,7-8H,3,5-6H2,1-2H3,(H,18,21). The molecule has 1 aliphatic rings. The maximum absolute atomic E-state index is 12.6.